The maximum atomic E-state index is 13.5. The van der Waals surface area contributed by atoms with Gasteiger partial charge in [-0.3, -0.25) is 14.7 Å². The number of hydrogen-bond donors (Lipinski definition) is 0. The van der Waals surface area contributed by atoms with Crippen molar-refractivity contribution in [2.24, 2.45) is 0 Å². The van der Waals surface area contributed by atoms with E-state index in [-0.39, 0.29) is 5.91 Å². The van der Waals surface area contributed by atoms with Crippen LogP contribution in [0.3, 0.4) is 0 Å². The molecule has 180 valence electrons. The van der Waals surface area contributed by atoms with Crippen LogP contribution in [0.25, 0.3) is 0 Å². The van der Waals surface area contributed by atoms with Gasteiger partial charge in [-0.1, -0.05) is 11.2 Å². The Labute approximate surface area is 200 Å². The third-order valence-electron chi connectivity index (χ3n) is 6.06. The molecule has 3 heterocycles. The number of ether oxygens (including phenoxy) is 2. The first-order valence-electron chi connectivity index (χ1n) is 11.7. The number of aromatic nitrogens is 2. The number of benzene rings is 1. The minimum Gasteiger partial charge on any atom is -0.489 e. The molecular formula is C26H32N4O4. The van der Waals surface area contributed by atoms with Crippen molar-refractivity contribution in [2.45, 2.75) is 33.4 Å². The van der Waals surface area contributed by atoms with Crippen LogP contribution < -0.4 is 4.74 Å². The molecule has 8 heteroatoms. The van der Waals surface area contributed by atoms with Gasteiger partial charge in [-0.05, 0) is 56.2 Å². The summed E-state index contributed by atoms with van der Waals surface area (Å²) in [7, 11) is 0. The molecule has 0 N–H and O–H groups in total. The Kier molecular flexibility index (Phi) is 8.27. The Bertz CT molecular complexity index is 1040. The number of rotatable bonds is 10. The van der Waals surface area contributed by atoms with E-state index in [0.717, 1.165) is 61.8 Å². The summed E-state index contributed by atoms with van der Waals surface area (Å²) in [6.07, 6.45) is 4.42. The standard InChI is InChI=1S/C26H32N4O4/c1-20-25(21(2)34-28-20)19-33-24-6-3-5-23(17-24)26(31)30(18-22-7-9-27-10-8-22)12-4-11-29-13-15-32-16-14-29/h3,5-10,17H,4,11-16,18-19H2,1-2H3. The second-order valence-electron chi connectivity index (χ2n) is 8.51. The Hall–Kier alpha value is -3.23. The molecule has 1 amide bonds. The molecule has 0 bridgehead atoms. The molecule has 0 spiro atoms. The van der Waals surface area contributed by atoms with Crippen molar-refractivity contribution in [3.8, 4) is 5.75 Å². The maximum Gasteiger partial charge on any atom is 0.254 e. The zero-order valence-electron chi connectivity index (χ0n) is 19.9. The minimum absolute atomic E-state index is 0.0124. The number of carbonyl (C=O) groups is 1. The van der Waals surface area contributed by atoms with E-state index in [1.165, 1.54) is 0 Å². The van der Waals surface area contributed by atoms with Crippen LogP contribution in [0.2, 0.25) is 0 Å². The molecule has 1 aromatic carbocycles. The van der Waals surface area contributed by atoms with Crippen molar-refractivity contribution < 1.29 is 18.8 Å². The lowest BCUT2D eigenvalue weighted by atomic mass is 10.1. The third-order valence-corrected chi connectivity index (χ3v) is 6.06. The van der Waals surface area contributed by atoms with E-state index in [4.69, 9.17) is 14.0 Å². The summed E-state index contributed by atoms with van der Waals surface area (Å²) in [6, 6.07) is 11.3. The molecular weight excluding hydrogens is 432 g/mol. The summed E-state index contributed by atoms with van der Waals surface area (Å²) in [5.41, 5.74) is 3.41. The quantitative estimate of drug-likeness (QED) is 0.453. The van der Waals surface area contributed by atoms with Gasteiger partial charge in [0.25, 0.3) is 5.91 Å². The summed E-state index contributed by atoms with van der Waals surface area (Å²) >= 11 is 0. The monoisotopic (exact) mass is 464 g/mol. The second kappa shape index (κ2) is 11.8. The Morgan fingerprint density at radius 2 is 1.94 bits per heavy atom. The number of nitrogens with zero attached hydrogens (tertiary/aromatic N) is 4. The number of morpholine rings is 1. The lowest BCUT2D eigenvalue weighted by Gasteiger charge is -2.28. The molecule has 1 fully saturated rings. The van der Waals surface area contributed by atoms with Crippen molar-refractivity contribution >= 4 is 5.91 Å². The highest BCUT2D eigenvalue weighted by atomic mass is 16.5. The fraction of sp³-hybridized carbons (Fsp3) is 0.423. The number of amides is 1. The Balaban J connectivity index is 1.43. The SMILES string of the molecule is Cc1noc(C)c1COc1cccc(C(=O)N(CCCN2CCOCC2)Cc2ccncc2)c1. The highest BCUT2D eigenvalue weighted by Crippen LogP contribution is 2.20. The highest BCUT2D eigenvalue weighted by molar-refractivity contribution is 5.94. The Morgan fingerprint density at radius 3 is 2.68 bits per heavy atom. The summed E-state index contributed by atoms with van der Waals surface area (Å²) < 4.78 is 16.6. The maximum absolute atomic E-state index is 13.5. The second-order valence-corrected chi connectivity index (χ2v) is 8.51. The van der Waals surface area contributed by atoms with Crippen molar-refractivity contribution in [3.63, 3.8) is 0 Å². The van der Waals surface area contributed by atoms with Gasteiger partial charge in [0.05, 0.1) is 24.5 Å². The van der Waals surface area contributed by atoms with E-state index in [2.05, 4.69) is 15.0 Å². The summed E-state index contributed by atoms with van der Waals surface area (Å²) in [6.45, 7) is 9.71. The smallest absolute Gasteiger partial charge is 0.254 e. The zero-order valence-corrected chi connectivity index (χ0v) is 19.9. The van der Waals surface area contributed by atoms with Gasteiger partial charge in [0, 0.05) is 50.7 Å². The van der Waals surface area contributed by atoms with Crippen LogP contribution in [0.15, 0.2) is 53.3 Å². The predicted molar refractivity (Wildman–Crippen MR) is 128 cm³/mol. The molecule has 0 saturated carbocycles. The van der Waals surface area contributed by atoms with Crippen molar-refractivity contribution in [1.29, 1.82) is 0 Å². The van der Waals surface area contributed by atoms with Gasteiger partial charge < -0.3 is 18.9 Å². The number of carbonyl (C=O) groups excluding carboxylic acids is 1. The molecule has 8 nitrogen and oxygen atoms in total. The largest absolute Gasteiger partial charge is 0.489 e. The van der Waals surface area contributed by atoms with Gasteiger partial charge in [-0.15, -0.1) is 0 Å². The normalized spacial score (nSPS) is 14.2. The van der Waals surface area contributed by atoms with E-state index in [9.17, 15) is 4.79 Å². The van der Waals surface area contributed by atoms with Gasteiger partial charge in [0.15, 0.2) is 0 Å². The van der Waals surface area contributed by atoms with Crippen LogP contribution in [0.5, 0.6) is 5.75 Å². The van der Waals surface area contributed by atoms with E-state index >= 15 is 0 Å². The van der Waals surface area contributed by atoms with E-state index in [0.29, 0.717) is 31.0 Å². The fourth-order valence-corrected chi connectivity index (χ4v) is 4.04. The Morgan fingerprint density at radius 1 is 1.15 bits per heavy atom. The van der Waals surface area contributed by atoms with E-state index < -0.39 is 0 Å². The number of pyridine rings is 1. The first-order chi connectivity index (χ1) is 16.6. The molecule has 3 aromatic rings. The lowest BCUT2D eigenvalue weighted by molar-refractivity contribution is 0.0355. The first-order valence-corrected chi connectivity index (χ1v) is 11.7. The van der Waals surface area contributed by atoms with Crippen molar-refractivity contribution in [1.82, 2.24) is 19.9 Å². The van der Waals surface area contributed by atoms with Gasteiger partial charge in [-0.25, -0.2) is 0 Å². The molecule has 0 radical (unpaired) electrons. The average molecular weight is 465 g/mol. The van der Waals surface area contributed by atoms with Crippen molar-refractivity contribution in [2.75, 3.05) is 39.4 Å². The predicted octanol–water partition coefficient (Wildman–Crippen LogP) is 3.63. The van der Waals surface area contributed by atoms with Crippen LogP contribution >= 0.6 is 0 Å². The molecule has 0 aliphatic carbocycles. The average Bonchev–Trinajstić information content (AvgIpc) is 3.20. The van der Waals surface area contributed by atoms with Crippen LogP contribution in [-0.4, -0.2) is 65.2 Å². The molecule has 4 rings (SSSR count). The highest BCUT2D eigenvalue weighted by Gasteiger charge is 2.18. The van der Waals surface area contributed by atoms with Crippen LogP contribution in [0.1, 0.15) is 39.4 Å². The summed E-state index contributed by atoms with van der Waals surface area (Å²) in [5, 5.41) is 3.97. The van der Waals surface area contributed by atoms with Gasteiger partial charge in [0.2, 0.25) is 0 Å². The molecule has 0 atom stereocenters. The lowest BCUT2D eigenvalue weighted by Crippen LogP contribution is -2.39. The molecule has 1 aliphatic heterocycles. The van der Waals surface area contributed by atoms with Gasteiger partial charge >= 0.3 is 0 Å². The van der Waals surface area contributed by atoms with Gasteiger partial charge in [-0.2, -0.15) is 0 Å². The van der Waals surface area contributed by atoms with Crippen molar-refractivity contribution in [3.05, 3.63) is 76.9 Å². The van der Waals surface area contributed by atoms with Crippen LogP contribution in [-0.2, 0) is 17.9 Å². The summed E-state index contributed by atoms with van der Waals surface area (Å²) in [5.74, 6) is 1.37. The van der Waals surface area contributed by atoms with E-state index in [1.54, 1.807) is 12.4 Å². The summed E-state index contributed by atoms with van der Waals surface area (Å²) in [4.78, 5) is 21.9. The molecule has 34 heavy (non-hydrogen) atoms. The minimum atomic E-state index is -0.0124. The fourth-order valence-electron chi connectivity index (χ4n) is 4.04. The first kappa shape index (κ1) is 23.9. The molecule has 0 unspecified atom stereocenters. The molecule has 1 saturated heterocycles. The van der Waals surface area contributed by atoms with Crippen LogP contribution in [0.4, 0.5) is 0 Å². The number of hydrogen-bond acceptors (Lipinski definition) is 7. The van der Waals surface area contributed by atoms with Gasteiger partial charge in [0.1, 0.15) is 18.1 Å². The van der Waals surface area contributed by atoms with E-state index in [1.807, 2.05) is 55.1 Å². The number of aryl methyl sites for hydroxylation is 2. The topological polar surface area (TPSA) is 80.9 Å². The third kappa shape index (κ3) is 6.42. The molecule has 2 aromatic heterocycles. The van der Waals surface area contributed by atoms with Crippen LogP contribution in [0, 0.1) is 13.8 Å². The zero-order chi connectivity index (χ0) is 23.8. The molecule has 1 aliphatic rings.